The van der Waals surface area contributed by atoms with Crippen LogP contribution in [0.3, 0.4) is 0 Å². The standard InChI is InChI=1S/C14H24N2O4S/c1-10(2)7-11(15)9-16-21(17,18)14-6-5-12(19-3)8-13(14)20-4/h5-6,8,10-11,16H,7,9,15H2,1-4H3. The van der Waals surface area contributed by atoms with Gasteiger partial charge in [0.2, 0.25) is 10.0 Å². The van der Waals surface area contributed by atoms with Crippen LogP contribution in [0.4, 0.5) is 0 Å². The van der Waals surface area contributed by atoms with Crippen molar-refractivity contribution in [2.75, 3.05) is 20.8 Å². The van der Waals surface area contributed by atoms with Gasteiger partial charge in [-0.15, -0.1) is 0 Å². The molecule has 1 aromatic rings. The van der Waals surface area contributed by atoms with E-state index in [2.05, 4.69) is 4.72 Å². The maximum atomic E-state index is 12.3. The van der Waals surface area contributed by atoms with Crippen LogP contribution in [-0.2, 0) is 10.0 Å². The van der Waals surface area contributed by atoms with Gasteiger partial charge in [-0.3, -0.25) is 0 Å². The molecule has 0 spiro atoms. The van der Waals surface area contributed by atoms with Gasteiger partial charge in [0.1, 0.15) is 16.4 Å². The van der Waals surface area contributed by atoms with E-state index in [0.29, 0.717) is 11.7 Å². The lowest BCUT2D eigenvalue weighted by Crippen LogP contribution is -2.38. The van der Waals surface area contributed by atoms with Crippen molar-refractivity contribution in [2.24, 2.45) is 11.7 Å². The van der Waals surface area contributed by atoms with Gasteiger partial charge in [0.25, 0.3) is 0 Å². The van der Waals surface area contributed by atoms with Gasteiger partial charge in [-0.2, -0.15) is 0 Å². The molecule has 0 bridgehead atoms. The Kier molecular flexibility index (Phi) is 6.44. The zero-order chi connectivity index (χ0) is 16.0. The van der Waals surface area contributed by atoms with Gasteiger partial charge in [0.05, 0.1) is 14.2 Å². The Morgan fingerprint density at radius 2 is 1.90 bits per heavy atom. The molecule has 7 heteroatoms. The zero-order valence-corrected chi connectivity index (χ0v) is 13.7. The summed E-state index contributed by atoms with van der Waals surface area (Å²) in [6.45, 7) is 4.28. The summed E-state index contributed by atoms with van der Waals surface area (Å²) in [5.41, 5.74) is 5.90. The van der Waals surface area contributed by atoms with Crippen LogP contribution in [0.25, 0.3) is 0 Å². The van der Waals surface area contributed by atoms with Crippen LogP contribution < -0.4 is 19.9 Å². The second-order valence-electron chi connectivity index (χ2n) is 5.26. The number of methoxy groups -OCH3 is 2. The third kappa shape index (κ3) is 5.18. The molecule has 0 aliphatic rings. The Morgan fingerprint density at radius 3 is 2.43 bits per heavy atom. The molecule has 3 N–H and O–H groups in total. The first-order chi connectivity index (χ1) is 9.80. The van der Waals surface area contributed by atoms with Gasteiger partial charge in [-0.1, -0.05) is 13.8 Å². The number of benzene rings is 1. The normalized spacial score (nSPS) is 13.2. The van der Waals surface area contributed by atoms with Crippen LogP contribution in [0.2, 0.25) is 0 Å². The molecule has 0 radical (unpaired) electrons. The minimum absolute atomic E-state index is 0.0718. The fraction of sp³-hybridized carbons (Fsp3) is 0.571. The van der Waals surface area contributed by atoms with E-state index >= 15 is 0 Å². The van der Waals surface area contributed by atoms with Crippen LogP contribution in [0, 0.1) is 5.92 Å². The van der Waals surface area contributed by atoms with Crippen molar-refractivity contribution in [3.05, 3.63) is 18.2 Å². The lowest BCUT2D eigenvalue weighted by molar-refractivity contribution is 0.385. The minimum Gasteiger partial charge on any atom is -0.497 e. The summed E-state index contributed by atoms with van der Waals surface area (Å²) in [7, 11) is -0.748. The van der Waals surface area contributed by atoms with Crippen molar-refractivity contribution in [1.29, 1.82) is 0 Å². The first kappa shape index (κ1) is 17.7. The number of sulfonamides is 1. The largest absolute Gasteiger partial charge is 0.497 e. The fourth-order valence-corrected chi connectivity index (χ4v) is 3.22. The van der Waals surface area contributed by atoms with Crippen molar-refractivity contribution in [3.63, 3.8) is 0 Å². The van der Waals surface area contributed by atoms with Crippen molar-refractivity contribution < 1.29 is 17.9 Å². The van der Waals surface area contributed by atoms with Gasteiger partial charge in [-0.25, -0.2) is 13.1 Å². The summed E-state index contributed by atoms with van der Waals surface area (Å²) in [5.74, 6) is 1.18. The third-order valence-corrected chi connectivity index (χ3v) is 4.43. The lowest BCUT2D eigenvalue weighted by atomic mass is 10.1. The van der Waals surface area contributed by atoms with Crippen molar-refractivity contribution in [3.8, 4) is 11.5 Å². The molecule has 1 unspecified atom stereocenters. The maximum absolute atomic E-state index is 12.3. The molecule has 0 heterocycles. The summed E-state index contributed by atoms with van der Waals surface area (Å²) in [4.78, 5) is 0.0718. The van der Waals surface area contributed by atoms with Gasteiger partial charge >= 0.3 is 0 Å². The highest BCUT2D eigenvalue weighted by atomic mass is 32.2. The molecule has 21 heavy (non-hydrogen) atoms. The summed E-state index contributed by atoms with van der Waals surface area (Å²) in [6, 6.07) is 4.34. The second-order valence-corrected chi connectivity index (χ2v) is 6.99. The summed E-state index contributed by atoms with van der Waals surface area (Å²) < 4.78 is 37.3. The van der Waals surface area contributed by atoms with E-state index in [9.17, 15) is 8.42 Å². The molecule has 0 aliphatic carbocycles. The van der Waals surface area contributed by atoms with Crippen molar-refractivity contribution >= 4 is 10.0 Å². The molecular weight excluding hydrogens is 292 g/mol. The predicted molar refractivity (Wildman–Crippen MR) is 82.2 cm³/mol. The van der Waals surface area contributed by atoms with Crippen molar-refractivity contribution in [2.45, 2.75) is 31.2 Å². The first-order valence-electron chi connectivity index (χ1n) is 6.77. The fourth-order valence-electron chi connectivity index (χ4n) is 1.98. The van der Waals surface area contributed by atoms with Crippen LogP contribution >= 0.6 is 0 Å². The summed E-state index contributed by atoms with van der Waals surface area (Å²) in [6.07, 6.45) is 0.752. The highest BCUT2D eigenvalue weighted by molar-refractivity contribution is 7.89. The topological polar surface area (TPSA) is 90.7 Å². The Balaban J connectivity index is 2.87. The molecule has 0 aliphatic heterocycles. The number of nitrogens with one attached hydrogen (secondary N) is 1. The number of hydrogen-bond donors (Lipinski definition) is 2. The van der Waals surface area contributed by atoms with E-state index in [-0.39, 0.29) is 23.2 Å². The molecule has 120 valence electrons. The molecule has 1 rings (SSSR count). The zero-order valence-electron chi connectivity index (χ0n) is 12.9. The summed E-state index contributed by atoms with van der Waals surface area (Å²) in [5, 5.41) is 0. The second kappa shape index (κ2) is 7.63. The van der Waals surface area contributed by atoms with Gasteiger partial charge in [0, 0.05) is 18.7 Å². The Morgan fingerprint density at radius 1 is 1.24 bits per heavy atom. The molecular formula is C14H24N2O4S. The van der Waals surface area contributed by atoms with Gasteiger partial charge in [-0.05, 0) is 24.5 Å². The van der Waals surface area contributed by atoms with Crippen LogP contribution in [0.15, 0.2) is 23.1 Å². The van der Waals surface area contributed by atoms with E-state index in [1.807, 2.05) is 13.8 Å². The van der Waals surface area contributed by atoms with E-state index < -0.39 is 10.0 Å². The minimum atomic E-state index is -3.67. The Bertz CT molecular complexity index is 558. The average Bonchev–Trinajstić information content (AvgIpc) is 2.43. The number of nitrogens with two attached hydrogens (primary N) is 1. The summed E-state index contributed by atoms with van der Waals surface area (Å²) >= 11 is 0. The Labute approximate surface area is 126 Å². The van der Waals surface area contributed by atoms with Gasteiger partial charge in [0.15, 0.2) is 0 Å². The third-order valence-electron chi connectivity index (χ3n) is 2.97. The quantitative estimate of drug-likeness (QED) is 0.755. The highest BCUT2D eigenvalue weighted by Crippen LogP contribution is 2.28. The molecule has 1 aromatic carbocycles. The van der Waals surface area contributed by atoms with E-state index in [1.54, 1.807) is 6.07 Å². The number of rotatable bonds is 8. The van der Waals surface area contributed by atoms with Crippen LogP contribution in [0.5, 0.6) is 11.5 Å². The molecule has 1 atom stereocenters. The number of hydrogen-bond acceptors (Lipinski definition) is 5. The van der Waals surface area contributed by atoms with Crippen LogP contribution in [-0.4, -0.2) is 35.2 Å². The monoisotopic (exact) mass is 316 g/mol. The molecule has 0 aromatic heterocycles. The maximum Gasteiger partial charge on any atom is 0.244 e. The smallest absolute Gasteiger partial charge is 0.244 e. The molecule has 6 nitrogen and oxygen atoms in total. The molecule has 0 amide bonds. The van der Waals surface area contributed by atoms with Gasteiger partial charge < -0.3 is 15.2 Å². The predicted octanol–water partition coefficient (Wildman–Crippen LogP) is 1.36. The van der Waals surface area contributed by atoms with Crippen molar-refractivity contribution in [1.82, 2.24) is 4.72 Å². The molecule has 0 fully saturated rings. The van der Waals surface area contributed by atoms with Crippen LogP contribution in [0.1, 0.15) is 20.3 Å². The van der Waals surface area contributed by atoms with E-state index in [4.69, 9.17) is 15.2 Å². The Hall–Kier alpha value is -1.31. The SMILES string of the molecule is COc1ccc(S(=O)(=O)NCC(N)CC(C)C)c(OC)c1. The van der Waals surface area contributed by atoms with E-state index in [1.165, 1.54) is 26.4 Å². The first-order valence-corrected chi connectivity index (χ1v) is 8.25. The van der Waals surface area contributed by atoms with E-state index in [0.717, 1.165) is 6.42 Å². The molecule has 0 saturated heterocycles. The average molecular weight is 316 g/mol. The molecule has 0 saturated carbocycles. The number of ether oxygens (including phenoxy) is 2. The highest BCUT2D eigenvalue weighted by Gasteiger charge is 2.21. The lowest BCUT2D eigenvalue weighted by Gasteiger charge is -2.16.